The number of hydrogen-bond donors (Lipinski definition) is 0. The SMILES string of the molecule is [2H]c1c([2H])c([2H])c(-c2cccc(-c3c([2H])c([2H])c([2H])c([2H])c3[2H])c2-n2[c](=[Pt])n(-c3cc(Oc4ccc5c6ccc7c(c6n(-c6cc(C)ccn6)c5c4)C(C)(C)C(C)(C)C7(C)C)cc(C(C)(C)C)c3)c3cc(C(C)(C)C)ccc32)c([2H])c1[2H]. The minimum atomic E-state index is -0.557. The summed E-state index contributed by atoms with van der Waals surface area (Å²) in [6.45, 7) is 29.2. The average molecular weight is 1140 g/mol. The van der Waals surface area contributed by atoms with Crippen molar-refractivity contribution < 1.29 is 37.8 Å². The Morgan fingerprint density at radius 2 is 1.21 bits per heavy atom. The predicted molar refractivity (Wildman–Crippen MR) is 297 cm³/mol. The summed E-state index contributed by atoms with van der Waals surface area (Å²) in [4.78, 5) is 5.02. The van der Waals surface area contributed by atoms with Gasteiger partial charge in [0.25, 0.3) is 0 Å². The van der Waals surface area contributed by atoms with E-state index in [9.17, 15) is 5.48 Å². The molecular weight excluding hydrogens is 1060 g/mol. The standard InChI is InChI=1S/C66H66N4O.Pt/c1-42-33-34-67-58(35-42)70-56-40-48(28-29-52(56)53-30-31-54-59(61(53)70)65(10,11)66(12,13)64(54,8)9)71-49-37-46(63(5,6)7)36-47(39-49)68-41-69(55-32-27-45(38-57(55)68)62(2,3)4)60-50(43-21-16-14-17-22-43)25-20-26-51(60)44-23-18-15-19-24-44;/h14-40H,1-13H3;/i14D,15D,16D,17D,18D,19D,21D,22D,23D,24D;. The first kappa shape index (κ1) is 37.2. The summed E-state index contributed by atoms with van der Waals surface area (Å²) in [5.41, 5.74) is 9.28. The van der Waals surface area contributed by atoms with Gasteiger partial charge in [-0.05, 0) is 40.4 Å². The monoisotopic (exact) mass is 1140 g/mol. The summed E-state index contributed by atoms with van der Waals surface area (Å²) in [6.07, 6.45) is 1.87. The van der Waals surface area contributed by atoms with Crippen LogP contribution in [-0.2, 0) is 41.0 Å². The van der Waals surface area contributed by atoms with Gasteiger partial charge < -0.3 is 0 Å². The number of benzene rings is 7. The second kappa shape index (κ2) is 16.8. The first-order valence-corrected chi connectivity index (χ1v) is 25.8. The van der Waals surface area contributed by atoms with E-state index in [2.05, 4.69) is 167 Å². The summed E-state index contributed by atoms with van der Waals surface area (Å²) in [6, 6.07) is 27.3. The third-order valence-corrected chi connectivity index (χ3v) is 17.2. The molecule has 0 saturated carbocycles. The zero-order chi connectivity index (χ0) is 59.6. The van der Waals surface area contributed by atoms with Crippen LogP contribution in [0.3, 0.4) is 0 Å². The van der Waals surface area contributed by atoms with E-state index in [1.807, 2.05) is 41.1 Å². The molecule has 7 aromatic carbocycles. The molecule has 10 aromatic rings. The van der Waals surface area contributed by atoms with Crippen molar-refractivity contribution >= 4 is 32.8 Å². The number of imidazole rings is 1. The van der Waals surface area contributed by atoms with Crippen LogP contribution >= 0.6 is 0 Å². The average Bonchev–Trinajstić information content (AvgIpc) is 3.21. The normalized spacial score (nSPS) is 17.1. The van der Waals surface area contributed by atoms with Crippen molar-refractivity contribution in [2.24, 2.45) is 5.41 Å². The Bertz CT molecular complexity index is 4330. The van der Waals surface area contributed by atoms with E-state index in [0.717, 1.165) is 55.5 Å². The maximum atomic E-state index is 9.28. The molecule has 0 aliphatic heterocycles. The molecule has 0 radical (unpaired) electrons. The van der Waals surface area contributed by atoms with Gasteiger partial charge in [0.15, 0.2) is 0 Å². The van der Waals surface area contributed by atoms with Gasteiger partial charge in [-0.3, -0.25) is 0 Å². The third-order valence-electron chi connectivity index (χ3n) is 16.2. The molecule has 0 unspecified atom stereocenters. The zero-order valence-corrected chi connectivity index (χ0v) is 45.6. The van der Waals surface area contributed by atoms with Gasteiger partial charge in [-0.1, -0.05) is 47.6 Å². The molecule has 1 aliphatic carbocycles. The fraction of sp³-hybridized carbons (Fsp3) is 0.273. The van der Waals surface area contributed by atoms with Gasteiger partial charge in [-0.25, -0.2) is 0 Å². The van der Waals surface area contributed by atoms with E-state index in [1.54, 1.807) is 18.2 Å². The fourth-order valence-corrected chi connectivity index (χ4v) is 12.1. The van der Waals surface area contributed by atoms with Gasteiger partial charge in [0.05, 0.1) is 0 Å². The molecule has 0 bridgehead atoms. The van der Waals surface area contributed by atoms with Crippen LogP contribution in [0.4, 0.5) is 0 Å². The van der Waals surface area contributed by atoms with Crippen molar-refractivity contribution in [1.82, 2.24) is 18.7 Å². The third kappa shape index (κ3) is 7.43. The molecule has 72 heavy (non-hydrogen) atoms. The second-order valence-electron chi connectivity index (χ2n) is 23.1. The molecule has 0 N–H and O–H groups in total. The molecule has 11 rings (SSSR count). The molecule has 0 fully saturated rings. The van der Waals surface area contributed by atoms with Crippen molar-refractivity contribution in [3.63, 3.8) is 0 Å². The van der Waals surface area contributed by atoms with E-state index in [4.69, 9.17) is 17.9 Å². The number of aromatic nitrogens is 4. The quantitative estimate of drug-likeness (QED) is 0.159. The number of rotatable bonds is 7. The van der Waals surface area contributed by atoms with Gasteiger partial charge >= 0.3 is 358 Å². The van der Waals surface area contributed by atoms with Gasteiger partial charge in [0.1, 0.15) is 0 Å². The van der Waals surface area contributed by atoms with Crippen molar-refractivity contribution in [1.29, 1.82) is 0 Å². The van der Waals surface area contributed by atoms with E-state index in [-0.39, 0.29) is 55.0 Å². The van der Waals surface area contributed by atoms with Gasteiger partial charge in [0.2, 0.25) is 0 Å². The number of nitrogens with zero attached hydrogens (tertiary/aromatic N) is 4. The number of pyridine rings is 1. The number of fused-ring (bicyclic) bond motifs is 6. The summed E-state index contributed by atoms with van der Waals surface area (Å²) in [5, 5.41) is 2.22. The molecule has 0 saturated heterocycles. The topological polar surface area (TPSA) is 36.9 Å². The van der Waals surface area contributed by atoms with Crippen LogP contribution in [0.5, 0.6) is 11.5 Å². The molecule has 366 valence electrons. The Hall–Kier alpha value is -6.55. The number of hydrogen-bond acceptors (Lipinski definition) is 2. The van der Waals surface area contributed by atoms with Crippen LogP contribution in [0.1, 0.15) is 125 Å². The molecule has 0 amide bonds. The van der Waals surface area contributed by atoms with Crippen molar-refractivity contribution in [3.8, 4) is 50.9 Å². The Kier molecular flexibility index (Phi) is 8.66. The molecule has 3 aromatic heterocycles. The molecule has 0 spiro atoms. The second-order valence-corrected chi connectivity index (χ2v) is 24.1. The molecule has 6 heteroatoms. The number of ether oxygens (including phenoxy) is 1. The van der Waals surface area contributed by atoms with Crippen LogP contribution in [0, 0.1) is 16.1 Å². The van der Waals surface area contributed by atoms with Gasteiger partial charge in [-0.2, -0.15) is 0 Å². The van der Waals surface area contributed by atoms with E-state index >= 15 is 0 Å². The van der Waals surface area contributed by atoms with Gasteiger partial charge in [-0.15, -0.1) is 0 Å². The maximum absolute atomic E-state index is 9.28. The van der Waals surface area contributed by atoms with Gasteiger partial charge in [0, 0.05) is 6.20 Å². The minimum absolute atomic E-state index is 0.0845. The Morgan fingerprint density at radius 1 is 0.569 bits per heavy atom. The summed E-state index contributed by atoms with van der Waals surface area (Å²) < 4.78 is 103. The Labute approximate surface area is 450 Å². The molecular formula is C66H66N4OPt. The van der Waals surface area contributed by atoms with Crippen molar-refractivity contribution in [3.05, 3.63) is 195 Å². The van der Waals surface area contributed by atoms with Crippen molar-refractivity contribution in [2.45, 2.75) is 112 Å². The molecule has 1 aliphatic rings. The molecule has 0 atom stereocenters. The van der Waals surface area contributed by atoms with Crippen LogP contribution in [-0.4, -0.2) is 18.7 Å². The first-order valence-electron chi connectivity index (χ1n) is 29.6. The Morgan fingerprint density at radius 3 is 1.83 bits per heavy atom. The Balaban J connectivity index is 1.20. The van der Waals surface area contributed by atoms with Crippen molar-refractivity contribution in [2.75, 3.05) is 0 Å². The fourth-order valence-electron chi connectivity index (χ4n) is 11.0. The van der Waals surface area contributed by atoms with E-state index in [0.29, 0.717) is 20.8 Å². The van der Waals surface area contributed by atoms with E-state index < -0.39 is 60.4 Å². The van der Waals surface area contributed by atoms with Crippen LogP contribution in [0.25, 0.3) is 72.3 Å². The summed E-state index contributed by atoms with van der Waals surface area (Å²) >= 11 is 2.25. The number of aryl methyl sites for hydroxylation is 1. The van der Waals surface area contributed by atoms with Crippen LogP contribution in [0.2, 0.25) is 0 Å². The zero-order valence-electron chi connectivity index (χ0n) is 53.3. The van der Waals surface area contributed by atoms with E-state index in [1.165, 1.54) is 11.1 Å². The summed E-state index contributed by atoms with van der Waals surface area (Å²) in [7, 11) is 0. The predicted octanol–water partition coefficient (Wildman–Crippen LogP) is 17.6. The van der Waals surface area contributed by atoms with Crippen LogP contribution < -0.4 is 4.74 Å². The van der Waals surface area contributed by atoms with Crippen LogP contribution in [0.15, 0.2) is 164 Å². The molecule has 5 nitrogen and oxygen atoms in total. The first-order chi connectivity index (χ1) is 38.2. The number of para-hydroxylation sites is 1. The molecule has 3 heterocycles. The summed E-state index contributed by atoms with van der Waals surface area (Å²) in [5.74, 6) is 2.01.